The van der Waals surface area contributed by atoms with Gasteiger partial charge in [0.1, 0.15) is 0 Å². The second kappa shape index (κ2) is 24.6. The van der Waals surface area contributed by atoms with Crippen molar-refractivity contribution in [1.82, 2.24) is 0 Å². The van der Waals surface area contributed by atoms with Crippen molar-refractivity contribution < 1.29 is 45.8 Å². The Hall–Kier alpha value is -2.52. The molecule has 0 bridgehead atoms. The van der Waals surface area contributed by atoms with Crippen molar-refractivity contribution in [3.63, 3.8) is 0 Å². The molecule has 19 heavy (non-hydrogen) atoms. The highest BCUT2D eigenvalue weighted by Crippen LogP contribution is 1.68. The van der Waals surface area contributed by atoms with Crippen LogP contribution in [0.5, 0.6) is 0 Å². The van der Waals surface area contributed by atoms with E-state index in [9.17, 15) is 0 Å². The molecule has 15 heteroatoms. The van der Waals surface area contributed by atoms with Gasteiger partial charge in [0, 0.05) is 0 Å². The van der Waals surface area contributed by atoms with E-state index in [1.165, 1.54) is 0 Å². The second-order valence-electron chi connectivity index (χ2n) is 1.77. The fourth-order valence-electron chi connectivity index (χ4n) is 0.231. The molecule has 0 heterocycles. The first-order chi connectivity index (χ1) is 8.61. The van der Waals surface area contributed by atoms with Gasteiger partial charge in [-0.2, -0.15) is 0 Å². The molecule has 0 aromatic carbocycles. The maximum Gasteiger partial charge on any atom is 0.291 e. The first kappa shape index (κ1) is 25.4. The lowest BCUT2D eigenvalue weighted by molar-refractivity contribution is -0.742. The second-order valence-corrected chi connectivity index (χ2v) is 1.77. The van der Waals surface area contributed by atoms with Crippen LogP contribution < -0.4 is 0 Å². The first-order valence-electron chi connectivity index (χ1n) is 3.91. The van der Waals surface area contributed by atoms with E-state index >= 15 is 0 Å². The topological polar surface area (TPSA) is 240 Å². The Balaban J connectivity index is -0.0000000825. The smallest absolute Gasteiger partial charge is 0.291 e. The molecule has 0 amide bonds. The third-order valence-electron chi connectivity index (χ3n) is 0.471. The van der Waals surface area contributed by atoms with Crippen LogP contribution in [0.25, 0.3) is 0 Å². The molecular formula is C4H13N3O12. The van der Waals surface area contributed by atoms with Gasteiger partial charge < -0.3 is 30.6 Å². The summed E-state index contributed by atoms with van der Waals surface area (Å²) in [6.45, 7) is 0.696. The number of hydrogen-bond acceptors (Lipinski definition) is 9. The molecule has 5 N–H and O–H groups in total. The normalized spacial score (nSPS) is 7.26. The van der Waals surface area contributed by atoms with Crippen molar-refractivity contribution >= 4 is 0 Å². The van der Waals surface area contributed by atoms with Gasteiger partial charge in [0.25, 0.3) is 15.3 Å². The highest BCUT2D eigenvalue weighted by Gasteiger charge is 1.79. The molecule has 116 valence electrons. The molecule has 0 unspecified atom stereocenters. The van der Waals surface area contributed by atoms with E-state index in [0.717, 1.165) is 0 Å². The highest BCUT2D eigenvalue weighted by molar-refractivity contribution is 4.24. The summed E-state index contributed by atoms with van der Waals surface area (Å²) in [6.07, 6.45) is 0. The Bertz CT molecular complexity index is 176. The lowest BCUT2D eigenvalue weighted by Gasteiger charge is -1.94. The Kier molecular flexibility index (Phi) is 32.9. The summed E-state index contributed by atoms with van der Waals surface area (Å²) in [5.74, 6) is 0. The van der Waals surface area contributed by atoms with Crippen LogP contribution in [0.15, 0.2) is 0 Å². The van der Waals surface area contributed by atoms with Gasteiger partial charge in [-0.15, -0.1) is 30.3 Å². The average Bonchev–Trinajstić information content (AvgIpc) is 2.15. The maximum absolute atomic E-state index is 8.36. The zero-order valence-corrected chi connectivity index (χ0v) is 9.26. The monoisotopic (exact) mass is 295 g/mol. The molecule has 0 aliphatic heterocycles. The Morgan fingerprint density at radius 1 is 0.737 bits per heavy atom. The third-order valence-corrected chi connectivity index (χ3v) is 0.471. The fourth-order valence-corrected chi connectivity index (χ4v) is 0.231. The number of ether oxygens (including phenoxy) is 1. The average molecular weight is 295 g/mol. The molecule has 0 saturated carbocycles. The minimum atomic E-state index is -1.50. The predicted octanol–water partition coefficient (Wildman–Crippen LogP) is -2.06. The number of aliphatic hydroxyl groups excluding tert-OH is 2. The summed E-state index contributed by atoms with van der Waals surface area (Å²) in [7, 11) is 0. The molecule has 0 radical (unpaired) electrons. The van der Waals surface area contributed by atoms with Gasteiger partial charge in [-0.3, -0.25) is 0 Å². The quantitative estimate of drug-likeness (QED) is 0.213. The maximum atomic E-state index is 8.36. The molecule has 0 aromatic rings. The van der Waals surface area contributed by atoms with Crippen molar-refractivity contribution in [2.24, 2.45) is 0 Å². The lowest BCUT2D eigenvalue weighted by Crippen LogP contribution is -2.03. The number of nitrogens with zero attached hydrogens (tertiary/aromatic N) is 3. The van der Waals surface area contributed by atoms with Crippen molar-refractivity contribution in [2.45, 2.75) is 0 Å². The van der Waals surface area contributed by atoms with Gasteiger partial charge in [0.2, 0.25) is 0 Å². The molecule has 0 saturated heterocycles. The summed E-state index contributed by atoms with van der Waals surface area (Å²) in [6, 6.07) is 0. The summed E-state index contributed by atoms with van der Waals surface area (Å²) in [4.78, 5) is 25.1. The van der Waals surface area contributed by atoms with E-state index in [2.05, 4.69) is 4.74 Å². The number of rotatable bonds is 4. The third kappa shape index (κ3) is 1280. The summed E-state index contributed by atoms with van der Waals surface area (Å²) < 4.78 is 4.63. The largest absolute Gasteiger partial charge is 0.394 e. The van der Waals surface area contributed by atoms with E-state index in [1.807, 2.05) is 0 Å². The van der Waals surface area contributed by atoms with Crippen molar-refractivity contribution in [3.05, 3.63) is 30.3 Å². The van der Waals surface area contributed by atoms with Gasteiger partial charge in [-0.1, -0.05) is 0 Å². The van der Waals surface area contributed by atoms with Crippen LogP contribution in [0.2, 0.25) is 0 Å². The predicted molar refractivity (Wildman–Crippen MR) is 51.3 cm³/mol. The van der Waals surface area contributed by atoms with Crippen molar-refractivity contribution in [3.8, 4) is 0 Å². The van der Waals surface area contributed by atoms with E-state index in [0.29, 0.717) is 13.2 Å². The zero-order valence-electron chi connectivity index (χ0n) is 9.26. The SMILES string of the molecule is O=[N+]([O-])O.O=[N+]([O-])O.O=[N+]([O-])O.OCCOCCO. The van der Waals surface area contributed by atoms with Gasteiger partial charge >= 0.3 is 0 Å². The van der Waals surface area contributed by atoms with E-state index in [4.69, 9.17) is 56.2 Å². The molecule has 0 spiro atoms. The summed E-state index contributed by atoms with van der Waals surface area (Å²) in [5.41, 5.74) is 0. The first-order valence-corrected chi connectivity index (χ1v) is 3.91. The molecule has 0 aromatic heterocycles. The molecule has 0 fully saturated rings. The minimum absolute atomic E-state index is 0.0278. The van der Waals surface area contributed by atoms with E-state index < -0.39 is 15.3 Å². The molecule has 0 aliphatic rings. The van der Waals surface area contributed by atoms with Crippen LogP contribution in [0.1, 0.15) is 0 Å². The van der Waals surface area contributed by atoms with Crippen molar-refractivity contribution in [1.29, 1.82) is 0 Å². The Labute approximate surface area is 104 Å². The molecular weight excluding hydrogens is 282 g/mol. The lowest BCUT2D eigenvalue weighted by atomic mass is 10.7. The van der Waals surface area contributed by atoms with E-state index in [-0.39, 0.29) is 13.2 Å². The molecule has 0 atom stereocenters. The molecule has 15 nitrogen and oxygen atoms in total. The number of hydrogen-bond donors (Lipinski definition) is 5. The highest BCUT2D eigenvalue weighted by atomic mass is 16.9. The van der Waals surface area contributed by atoms with Crippen molar-refractivity contribution in [2.75, 3.05) is 26.4 Å². The molecule has 0 aliphatic carbocycles. The van der Waals surface area contributed by atoms with Crippen LogP contribution in [0.4, 0.5) is 0 Å². The standard InChI is InChI=1S/C4H10O3.3HNO3/c5-1-3-7-4-2-6;3*2-1(3)4/h5-6H,1-4H2;3*(H,2,3,4). The van der Waals surface area contributed by atoms with Crippen LogP contribution in [0, 0.1) is 30.3 Å². The van der Waals surface area contributed by atoms with Crippen LogP contribution >= 0.6 is 0 Å². The van der Waals surface area contributed by atoms with Gasteiger partial charge in [0.15, 0.2) is 0 Å². The fraction of sp³-hybridized carbons (Fsp3) is 1.00. The van der Waals surface area contributed by atoms with Gasteiger partial charge in [-0.25, -0.2) is 0 Å². The van der Waals surface area contributed by atoms with Crippen LogP contribution in [-0.4, -0.2) is 67.5 Å². The summed E-state index contributed by atoms with van der Waals surface area (Å²) in [5, 5.41) is 57.1. The minimum Gasteiger partial charge on any atom is -0.394 e. The Morgan fingerprint density at radius 3 is 1.00 bits per heavy atom. The summed E-state index contributed by atoms with van der Waals surface area (Å²) >= 11 is 0. The van der Waals surface area contributed by atoms with E-state index in [1.54, 1.807) is 0 Å². The van der Waals surface area contributed by atoms with Crippen LogP contribution in [-0.2, 0) is 4.74 Å². The van der Waals surface area contributed by atoms with Gasteiger partial charge in [-0.05, 0) is 0 Å². The zero-order chi connectivity index (χ0) is 16.3. The molecule has 0 rings (SSSR count). The Morgan fingerprint density at radius 2 is 0.895 bits per heavy atom. The van der Waals surface area contributed by atoms with Gasteiger partial charge in [0.05, 0.1) is 26.4 Å². The number of aliphatic hydroxyl groups is 2. The van der Waals surface area contributed by atoms with Crippen LogP contribution in [0.3, 0.4) is 0 Å².